The first kappa shape index (κ1) is 20.5. The van der Waals surface area contributed by atoms with E-state index in [1.165, 1.54) is 10.6 Å². The second kappa shape index (κ2) is 8.17. The third-order valence-electron chi connectivity index (χ3n) is 5.79. The van der Waals surface area contributed by atoms with Crippen LogP contribution in [0.1, 0.15) is 55.1 Å². The third-order valence-corrected chi connectivity index (χ3v) is 5.79. The Morgan fingerprint density at radius 1 is 1.19 bits per heavy atom. The van der Waals surface area contributed by atoms with Gasteiger partial charge in [0.05, 0.1) is 17.2 Å². The van der Waals surface area contributed by atoms with Crippen LogP contribution in [0.15, 0.2) is 52.3 Å². The van der Waals surface area contributed by atoms with Gasteiger partial charge in [-0.1, -0.05) is 30.3 Å². The second-order valence-electron chi connectivity index (χ2n) is 7.77. The minimum atomic E-state index is -0.845. The zero-order chi connectivity index (χ0) is 22.1. The smallest absolute Gasteiger partial charge is 0.280 e. The molecule has 2 aromatic heterocycles. The van der Waals surface area contributed by atoms with Crippen molar-refractivity contribution in [3.05, 3.63) is 90.5 Å². The lowest BCUT2D eigenvalue weighted by Crippen LogP contribution is -2.46. The first-order chi connectivity index (χ1) is 14.9. The molecule has 2 heterocycles. The maximum Gasteiger partial charge on any atom is 0.357 e. The number of nitrogens with zero attached hydrogens (tertiary/aromatic N) is 5. The molecule has 160 valence electrons. The Balaban J connectivity index is 2.00. The standard InChI is InChI=1S/C22H23N5O4/c1-15(17-7-4-3-5-8-17)25-19(12-11-16-13-23-24(2)14-16)20(27(30)31)21(28)26(22(25)29)18-9-6-10-18/h3-5,7-8,11-15,18H,6,9-10H2,1-2H3/b12-11+. The van der Waals surface area contributed by atoms with Crippen molar-refractivity contribution in [1.82, 2.24) is 18.9 Å². The highest BCUT2D eigenvalue weighted by atomic mass is 16.6. The molecule has 1 aromatic carbocycles. The molecule has 1 aliphatic rings. The summed E-state index contributed by atoms with van der Waals surface area (Å²) in [6, 6.07) is 8.46. The Kier molecular flexibility index (Phi) is 5.41. The number of hydrogen-bond donors (Lipinski definition) is 0. The van der Waals surface area contributed by atoms with Gasteiger partial charge in [-0.3, -0.25) is 28.7 Å². The SMILES string of the molecule is CC(c1ccccc1)n1c(/C=C/c2cnn(C)c2)c([N+](=O)[O-])c(=O)n(C2CCC2)c1=O. The fourth-order valence-electron chi connectivity index (χ4n) is 3.90. The van der Waals surface area contributed by atoms with Gasteiger partial charge in [-0.15, -0.1) is 0 Å². The molecular formula is C22H23N5O4. The van der Waals surface area contributed by atoms with Gasteiger partial charge in [-0.25, -0.2) is 4.79 Å². The van der Waals surface area contributed by atoms with Crippen molar-refractivity contribution in [3.63, 3.8) is 0 Å². The Hall–Kier alpha value is -3.75. The van der Waals surface area contributed by atoms with Crippen LogP contribution in [0.3, 0.4) is 0 Å². The number of aromatic nitrogens is 4. The first-order valence-electron chi connectivity index (χ1n) is 10.2. The summed E-state index contributed by atoms with van der Waals surface area (Å²) in [5.74, 6) is 0. The molecule has 0 saturated heterocycles. The Morgan fingerprint density at radius 2 is 1.90 bits per heavy atom. The van der Waals surface area contributed by atoms with Crippen LogP contribution >= 0.6 is 0 Å². The summed E-state index contributed by atoms with van der Waals surface area (Å²) in [5, 5.41) is 16.1. The Bertz CT molecular complexity index is 1270. The highest BCUT2D eigenvalue weighted by Gasteiger charge is 2.33. The van der Waals surface area contributed by atoms with E-state index in [1.807, 2.05) is 30.3 Å². The number of hydrogen-bond acceptors (Lipinski definition) is 5. The monoisotopic (exact) mass is 421 g/mol. The van der Waals surface area contributed by atoms with E-state index in [0.717, 1.165) is 16.6 Å². The van der Waals surface area contributed by atoms with E-state index in [9.17, 15) is 19.7 Å². The lowest BCUT2D eigenvalue weighted by Gasteiger charge is -2.29. The van der Waals surface area contributed by atoms with Crippen molar-refractivity contribution < 1.29 is 4.92 Å². The van der Waals surface area contributed by atoms with Gasteiger partial charge in [-0.2, -0.15) is 5.10 Å². The molecule has 3 aromatic rings. The molecule has 0 aliphatic heterocycles. The number of rotatable bonds is 6. The van der Waals surface area contributed by atoms with Crippen molar-refractivity contribution in [3.8, 4) is 0 Å². The first-order valence-corrected chi connectivity index (χ1v) is 10.2. The molecule has 4 rings (SSSR count). The predicted octanol–water partition coefficient (Wildman–Crippen LogP) is 3.16. The van der Waals surface area contributed by atoms with Crippen molar-refractivity contribution in [2.24, 2.45) is 7.05 Å². The number of aryl methyl sites for hydroxylation is 1. The van der Waals surface area contributed by atoms with Crippen molar-refractivity contribution in [2.75, 3.05) is 0 Å². The Labute approximate surface area is 178 Å². The molecule has 1 atom stereocenters. The predicted molar refractivity (Wildman–Crippen MR) is 117 cm³/mol. The summed E-state index contributed by atoms with van der Waals surface area (Å²) in [5.41, 5.74) is -0.463. The van der Waals surface area contributed by atoms with Gasteiger partial charge in [0.15, 0.2) is 0 Å². The molecule has 0 N–H and O–H groups in total. The van der Waals surface area contributed by atoms with Gasteiger partial charge in [0.2, 0.25) is 0 Å². The molecule has 9 heteroatoms. The highest BCUT2D eigenvalue weighted by Crippen LogP contribution is 2.31. The van der Waals surface area contributed by atoms with E-state index in [4.69, 9.17) is 0 Å². The molecule has 1 unspecified atom stereocenters. The lowest BCUT2D eigenvalue weighted by atomic mass is 9.93. The van der Waals surface area contributed by atoms with Gasteiger partial charge in [0.25, 0.3) is 0 Å². The fraction of sp³-hybridized carbons (Fsp3) is 0.318. The van der Waals surface area contributed by atoms with E-state index in [-0.39, 0.29) is 11.7 Å². The largest absolute Gasteiger partial charge is 0.357 e. The van der Waals surface area contributed by atoms with E-state index < -0.39 is 27.9 Å². The highest BCUT2D eigenvalue weighted by molar-refractivity contribution is 5.71. The molecular weight excluding hydrogens is 398 g/mol. The van der Waals surface area contributed by atoms with Crippen LogP contribution < -0.4 is 11.2 Å². The topological polar surface area (TPSA) is 105 Å². The summed E-state index contributed by atoms with van der Waals surface area (Å²) in [4.78, 5) is 37.9. The van der Waals surface area contributed by atoms with Gasteiger partial charge >= 0.3 is 16.9 Å². The summed E-state index contributed by atoms with van der Waals surface area (Å²) in [6.45, 7) is 1.80. The second-order valence-corrected chi connectivity index (χ2v) is 7.77. The Morgan fingerprint density at radius 3 is 2.45 bits per heavy atom. The van der Waals surface area contributed by atoms with Gasteiger partial charge in [-0.05, 0) is 43.9 Å². The molecule has 1 saturated carbocycles. The molecule has 31 heavy (non-hydrogen) atoms. The maximum absolute atomic E-state index is 13.5. The molecule has 0 amide bonds. The molecule has 9 nitrogen and oxygen atoms in total. The normalized spacial score (nSPS) is 15.2. The van der Waals surface area contributed by atoms with E-state index in [1.54, 1.807) is 37.1 Å². The maximum atomic E-state index is 13.5. The summed E-state index contributed by atoms with van der Waals surface area (Å²) >= 11 is 0. The quantitative estimate of drug-likeness (QED) is 0.449. The average Bonchev–Trinajstić information content (AvgIpc) is 3.13. The van der Waals surface area contributed by atoms with Gasteiger partial charge < -0.3 is 0 Å². The summed E-state index contributed by atoms with van der Waals surface area (Å²) < 4.78 is 4.03. The minimum absolute atomic E-state index is 0.0178. The van der Waals surface area contributed by atoms with Crippen molar-refractivity contribution in [2.45, 2.75) is 38.3 Å². The molecule has 0 spiro atoms. The minimum Gasteiger partial charge on any atom is -0.280 e. The van der Waals surface area contributed by atoms with Crippen LogP contribution in [0.2, 0.25) is 0 Å². The van der Waals surface area contributed by atoms with Crippen LogP contribution in [0.5, 0.6) is 0 Å². The van der Waals surface area contributed by atoms with Crippen LogP contribution in [0, 0.1) is 10.1 Å². The van der Waals surface area contributed by atoms with E-state index in [0.29, 0.717) is 18.4 Å². The van der Waals surface area contributed by atoms with Crippen molar-refractivity contribution >= 4 is 17.8 Å². The van der Waals surface area contributed by atoms with Crippen LogP contribution in [0.25, 0.3) is 12.2 Å². The van der Waals surface area contributed by atoms with E-state index >= 15 is 0 Å². The van der Waals surface area contributed by atoms with Crippen molar-refractivity contribution in [1.29, 1.82) is 0 Å². The molecule has 0 radical (unpaired) electrons. The number of nitro groups is 1. The van der Waals surface area contributed by atoms with Gasteiger partial charge in [0.1, 0.15) is 5.69 Å². The lowest BCUT2D eigenvalue weighted by molar-refractivity contribution is -0.387. The van der Waals surface area contributed by atoms with Crippen LogP contribution in [-0.2, 0) is 7.05 Å². The fourth-order valence-corrected chi connectivity index (χ4v) is 3.90. The summed E-state index contributed by atoms with van der Waals surface area (Å²) in [6.07, 6.45) is 8.63. The zero-order valence-electron chi connectivity index (χ0n) is 17.3. The number of benzene rings is 1. The molecule has 0 bridgehead atoms. The molecule has 1 fully saturated rings. The average molecular weight is 421 g/mol. The van der Waals surface area contributed by atoms with E-state index in [2.05, 4.69) is 5.10 Å². The molecule has 1 aliphatic carbocycles. The zero-order valence-corrected chi connectivity index (χ0v) is 17.3. The van der Waals surface area contributed by atoms with Gasteiger partial charge in [0, 0.05) is 24.8 Å². The van der Waals surface area contributed by atoms with Crippen LogP contribution in [-0.4, -0.2) is 23.8 Å². The van der Waals surface area contributed by atoms with Crippen LogP contribution in [0.4, 0.5) is 5.69 Å². The summed E-state index contributed by atoms with van der Waals surface area (Å²) in [7, 11) is 1.76. The third kappa shape index (κ3) is 3.74.